The Balaban J connectivity index is 1.61. The second-order valence-electron chi connectivity index (χ2n) is 8.26. The van der Waals surface area contributed by atoms with E-state index in [-0.39, 0.29) is 5.56 Å². The van der Waals surface area contributed by atoms with Crippen LogP contribution in [0.15, 0.2) is 53.3 Å². The molecule has 6 heteroatoms. The van der Waals surface area contributed by atoms with E-state index in [4.69, 9.17) is 4.74 Å². The van der Waals surface area contributed by atoms with Gasteiger partial charge in [0.1, 0.15) is 5.69 Å². The lowest BCUT2D eigenvalue weighted by Crippen LogP contribution is -2.45. The Labute approximate surface area is 183 Å². The summed E-state index contributed by atoms with van der Waals surface area (Å²) in [4.78, 5) is 19.9. The fourth-order valence-electron chi connectivity index (χ4n) is 4.67. The fraction of sp³-hybridized carbons (Fsp3) is 0.440. The van der Waals surface area contributed by atoms with Crippen LogP contribution in [0.25, 0.3) is 11.0 Å². The first-order chi connectivity index (χ1) is 15.2. The predicted octanol–water partition coefficient (Wildman–Crippen LogP) is 3.48. The van der Waals surface area contributed by atoms with Crippen molar-refractivity contribution in [1.82, 2.24) is 20.4 Å². The normalized spacial score (nSPS) is 16.6. The van der Waals surface area contributed by atoms with Crippen LogP contribution in [0.1, 0.15) is 42.5 Å². The number of H-pyrrole nitrogens is 1. The molecule has 1 unspecified atom stereocenters. The van der Waals surface area contributed by atoms with Crippen LogP contribution in [0, 0.1) is 5.92 Å². The van der Waals surface area contributed by atoms with E-state index in [0.29, 0.717) is 24.0 Å². The molecule has 3 aromatic rings. The van der Waals surface area contributed by atoms with Crippen molar-refractivity contribution in [2.75, 3.05) is 33.4 Å². The van der Waals surface area contributed by atoms with Gasteiger partial charge in [-0.1, -0.05) is 43.3 Å². The van der Waals surface area contributed by atoms with E-state index >= 15 is 0 Å². The van der Waals surface area contributed by atoms with E-state index in [0.717, 1.165) is 50.1 Å². The van der Waals surface area contributed by atoms with E-state index < -0.39 is 0 Å². The summed E-state index contributed by atoms with van der Waals surface area (Å²) in [6, 6.07) is 17.1. The first kappa shape index (κ1) is 21.7. The molecule has 1 aliphatic rings. The number of methoxy groups -OCH3 is 1. The van der Waals surface area contributed by atoms with Gasteiger partial charge in [-0.15, -0.1) is 0 Å². The standard InChI is InChI=1S/C25H32N4O2/c1-3-21-25(30)28-23-17-20(9-10-22(23)27-21)24(18-7-5-4-6-8-18)19-11-14-29(15-12-19)26-13-16-31-2/h4-10,17,19,24,26H,3,11-16H2,1-2H3,(H,28,30). The molecule has 0 saturated carbocycles. The number of benzene rings is 2. The lowest BCUT2D eigenvalue weighted by Gasteiger charge is -2.36. The zero-order valence-electron chi connectivity index (χ0n) is 18.4. The summed E-state index contributed by atoms with van der Waals surface area (Å²) in [5.41, 5.74) is 8.21. The second-order valence-corrected chi connectivity index (χ2v) is 8.26. The maximum atomic E-state index is 12.3. The van der Waals surface area contributed by atoms with Crippen LogP contribution < -0.4 is 11.0 Å². The van der Waals surface area contributed by atoms with Gasteiger partial charge in [0.2, 0.25) is 0 Å². The number of ether oxygens (including phenoxy) is 1. The first-order valence-corrected chi connectivity index (χ1v) is 11.2. The van der Waals surface area contributed by atoms with E-state index in [1.54, 1.807) is 7.11 Å². The molecule has 2 aromatic carbocycles. The van der Waals surface area contributed by atoms with Gasteiger partial charge in [-0.2, -0.15) is 0 Å². The van der Waals surface area contributed by atoms with Gasteiger partial charge in [-0.3, -0.25) is 10.2 Å². The summed E-state index contributed by atoms with van der Waals surface area (Å²) in [5.74, 6) is 0.830. The highest BCUT2D eigenvalue weighted by molar-refractivity contribution is 5.75. The molecule has 2 heterocycles. The number of rotatable bonds is 8. The molecule has 0 spiro atoms. The Morgan fingerprint density at radius 1 is 1.16 bits per heavy atom. The van der Waals surface area contributed by atoms with Crippen LogP contribution in [0.5, 0.6) is 0 Å². The van der Waals surface area contributed by atoms with Crippen molar-refractivity contribution in [3.8, 4) is 0 Å². The maximum absolute atomic E-state index is 12.3. The van der Waals surface area contributed by atoms with Crippen LogP contribution in [0.3, 0.4) is 0 Å². The van der Waals surface area contributed by atoms with Gasteiger partial charge >= 0.3 is 0 Å². The fourth-order valence-corrected chi connectivity index (χ4v) is 4.67. The van der Waals surface area contributed by atoms with Crippen molar-refractivity contribution >= 4 is 11.0 Å². The highest BCUT2D eigenvalue weighted by Gasteiger charge is 2.29. The molecule has 4 rings (SSSR count). The highest BCUT2D eigenvalue weighted by atomic mass is 16.5. The summed E-state index contributed by atoms with van der Waals surface area (Å²) >= 11 is 0. The minimum absolute atomic E-state index is 0.0844. The monoisotopic (exact) mass is 420 g/mol. The average molecular weight is 421 g/mol. The Morgan fingerprint density at radius 2 is 1.94 bits per heavy atom. The highest BCUT2D eigenvalue weighted by Crippen LogP contribution is 2.38. The molecule has 1 aliphatic heterocycles. The van der Waals surface area contributed by atoms with E-state index in [2.05, 4.69) is 68.9 Å². The van der Waals surface area contributed by atoms with Crippen molar-refractivity contribution in [3.05, 3.63) is 75.7 Å². The van der Waals surface area contributed by atoms with Gasteiger partial charge in [0, 0.05) is 32.7 Å². The van der Waals surface area contributed by atoms with Gasteiger partial charge in [0.15, 0.2) is 0 Å². The second kappa shape index (κ2) is 10.2. The molecular weight excluding hydrogens is 388 g/mol. The van der Waals surface area contributed by atoms with Gasteiger partial charge in [-0.05, 0) is 48.4 Å². The summed E-state index contributed by atoms with van der Waals surface area (Å²) < 4.78 is 5.15. The number of hydrazine groups is 1. The van der Waals surface area contributed by atoms with Crippen LogP contribution in [0.4, 0.5) is 0 Å². The lowest BCUT2D eigenvalue weighted by molar-refractivity contribution is 0.0984. The number of aryl methyl sites for hydroxylation is 1. The van der Waals surface area contributed by atoms with E-state index in [1.165, 1.54) is 11.1 Å². The molecule has 0 bridgehead atoms. The number of hydrogen-bond donors (Lipinski definition) is 2. The average Bonchev–Trinajstić information content (AvgIpc) is 2.80. The summed E-state index contributed by atoms with van der Waals surface area (Å²) in [6.45, 7) is 5.55. The topological polar surface area (TPSA) is 70.2 Å². The Kier molecular flexibility index (Phi) is 7.12. The summed E-state index contributed by atoms with van der Waals surface area (Å²) in [6.07, 6.45) is 2.86. The molecular formula is C25H32N4O2. The molecule has 164 valence electrons. The first-order valence-electron chi connectivity index (χ1n) is 11.2. The zero-order valence-corrected chi connectivity index (χ0v) is 18.4. The van der Waals surface area contributed by atoms with Crippen molar-refractivity contribution in [2.24, 2.45) is 5.92 Å². The zero-order chi connectivity index (χ0) is 21.6. The number of fused-ring (bicyclic) bond motifs is 1. The third-order valence-electron chi connectivity index (χ3n) is 6.29. The van der Waals surface area contributed by atoms with E-state index in [1.807, 2.05) is 6.92 Å². The van der Waals surface area contributed by atoms with Crippen molar-refractivity contribution in [3.63, 3.8) is 0 Å². The largest absolute Gasteiger partial charge is 0.383 e. The Morgan fingerprint density at radius 3 is 2.65 bits per heavy atom. The van der Waals surface area contributed by atoms with Crippen LogP contribution in [-0.4, -0.2) is 48.3 Å². The molecule has 31 heavy (non-hydrogen) atoms. The predicted molar refractivity (Wildman–Crippen MR) is 124 cm³/mol. The number of nitrogens with zero attached hydrogens (tertiary/aromatic N) is 2. The number of piperidine rings is 1. The molecule has 1 fully saturated rings. The quantitative estimate of drug-likeness (QED) is 0.546. The minimum atomic E-state index is -0.0844. The third kappa shape index (κ3) is 5.03. The third-order valence-corrected chi connectivity index (χ3v) is 6.29. The number of hydrogen-bond acceptors (Lipinski definition) is 5. The molecule has 1 saturated heterocycles. The van der Waals surface area contributed by atoms with Gasteiger partial charge in [0.05, 0.1) is 17.6 Å². The number of aromatic nitrogens is 2. The Hall–Kier alpha value is -2.54. The number of nitrogens with one attached hydrogen (secondary N) is 2. The van der Waals surface area contributed by atoms with Crippen molar-refractivity contribution in [1.29, 1.82) is 0 Å². The van der Waals surface area contributed by atoms with Gasteiger partial charge in [0.25, 0.3) is 5.56 Å². The van der Waals surface area contributed by atoms with Crippen LogP contribution >= 0.6 is 0 Å². The Bertz CT molecular complexity index is 1040. The van der Waals surface area contributed by atoms with Gasteiger partial charge < -0.3 is 9.72 Å². The molecule has 1 atom stereocenters. The van der Waals surface area contributed by atoms with Crippen molar-refractivity contribution < 1.29 is 4.74 Å². The lowest BCUT2D eigenvalue weighted by atomic mass is 9.76. The summed E-state index contributed by atoms with van der Waals surface area (Å²) in [5, 5.41) is 2.31. The van der Waals surface area contributed by atoms with E-state index in [9.17, 15) is 4.79 Å². The van der Waals surface area contributed by atoms with Crippen molar-refractivity contribution in [2.45, 2.75) is 32.1 Å². The molecule has 0 amide bonds. The minimum Gasteiger partial charge on any atom is -0.383 e. The van der Waals surface area contributed by atoms with Crippen LogP contribution in [-0.2, 0) is 11.2 Å². The molecule has 2 N–H and O–H groups in total. The summed E-state index contributed by atoms with van der Waals surface area (Å²) in [7, 11) is 1.73. The molecule has 0 aliphatic carbocycles. The van der Waals surface area contributed by atoms with Gasteiger partial charge in [-0.25, -0.2) is 9.99 Å². The maximum Gasteiger partial charge on any atom is 0.270 e. The molecule has 0 radical (unpaired) electrons. The SMILES string of the molecule is CCc1nc2ccc(C(c3ccccc3)C3CCN(NCCOC)CC3)cc2[nH]c1=O. The number of aromatic amines is 1. The molecule has 1 aromatic heterocycles. The van der Waals surface area contributed by atoms with Crippen LogP contribution in [0.2, 0.25) is 0 Å². The molecule has 6 nitrogen and oxygen atoms in total. The smallest absolute Gasteiger partial charge is 0.270 e.